The van der Waals surface area contributed by atoms with Gasteiger partial charge in [0.2, 0.25) is 0 Å². The van der Waals surface area contributed by atoms with Crippen molar-refractivity contribution >= 4 is 41.5 Å². The van der Waals surface area contributed by atoms with Gasteiger partial charge in [0, 0.05) is 32.2 Å². The van der Waals surface area contributed by atoms with E-state index in [0.29, 0.717) is 37.0 Å². The Hall–Kier alpha value is -0.740. The first-order valence-corrected chi connectivity index (χ1v) is 8.00. The fourth-order valence-electron chi connectivity index (χ4n) is 2.26. The average Bonchev–Trinajstić information content (AvgIpc) is 2.47. The Morgan fingerprint density at radius 1 is 1.20 bits per heavy atom. The van der Waals surface area contributed by atoms with Gasteiger partial charge in [-0.2, -0.15) is 13.2 Å². The number of hydrogen-bond donors (Lipinski definition) is 1. The van der Waals surface area contributed by atoms with Crippen LogP contribution in [-0.2, 0) is 6.54 Å². The van der Waals surface area contributed by atoms with Crippen LogP contribution >= 0.6 is 35.6 Å². The normalized spacial score (nSPS) is 12.1. The van der Waals surface area contributed by atoms with Crippen molar-refractivity contribution in [1.82, 2.24) is 15.1 Å². The van der Waals surface area contributed by atoms with Gasteiger partial charge in [0.15, 0.2) is 5.96 Å². The highest BCUT2D eigenvalue weighted by Crippen LogP contribution is 2.15. The van der Waals surface area contributed by atoms with Crippen molar-refractivity contribution in [2.45, 2.75) is 19.1 Å². The number of benzene rings is 1. The molecule has 0 aromatic heterocycles. The smallest absolute Gasteiger partial charge is 0.356 e. The van der Waals surface area contributed by atoms with Crippen molar-refractivity contribution in [3.63, 3.8) is 0 Å². The highest BCUT2D eigenvalue weighted by molar-refractivity contribution is 14.0. The zero-order chi connectivity index (χ0) is 18.2. The summed E-state index contributed by atoms with van der Waals surface area (Å²) in [5, 5.41) is 3.85. The maximum atomic E-state index is 12.2. The van der Waals surface area contributed by atoms with Crippen LogP contribution in [0.3, 0.4) is 0 Å². The van der Waals surface area contributed by atoms with Crippen LogP contribution in [0.15, 0.2) is 29.3 Å². The Kier molecular flexibility index (Phi) is 11.4. The summed E-state index contributed by atoms with van der Waals surface area (Å²) in [7, 11) is 5.05. The van der Waals surface area contributed by atoms with Crippen LogP contribution in [0.2, 0.25) is 5.02 Å². The molecule has 0 unspecified atom stereocenters. The number of guanidine groups is 1. The molecule has 1 aromatic rings. The molecule has 0 saturated carbocycles. The number of nitrogens with zero attached hydrogens (tertiary/aromatic N) is 3. The Bertz CT molecular complexity index is 523. The molecule has 0 fully saturated rings. The third-order valence-corrected chi connectivity index (χ3v) is 3.61. The van der Waals surface area contributed by atoms with Crippen molar-refractivity contribution in [3.8, 4) is 0 Å². The van der Waals surface area contributed by atoms with Crippen molar-refractivity contribution in [2.24, 2.45) is 4.99 Å². The first kappa shape index (κ1) is 24.3. The van der Waals surface area contributed by atoms with E-state index in [9.17, 15) is 13.2 Å². The summed E-state index contributed by atoms with van der Waals surface area (Å²) >= 11 is 5.86. The molecule has 0 radical (unpaired) electrons. The average molecular weight is 493 g/mol. The standard InChI is InChI=1S/C16H24ClF3N4.HI/c1-21-15(22-9-4-10-23(2)12-16(18,19)20)24(3)11-13-5-7-14(17)8-6-13;/h5-8H,4,9-12H2,1-3H3,(H,21,22);1H. The van der Waals surface area contributed by atoms with Crippen LogP contribution in [0.5, 0.6) is 0 Å². The summed E-state index contributed by atoms with van der Waals surface area (Å²) in [5.41, 5.74) is 1.09. The Morgan fingerprint density at radius 3 is 2.32 bits per heavy atom. The lowest BCUT2D eigenvalue weighted by molar-refractivity contribution is -0.143. The molecular weight excluding hydrogens is 468 g/mol. The second kappa shape index (κ2) is 11.8. The molecule has 1 N–H and O–H groups in total. The summed E-state index contributed by atoms with van der Waals surface area (Å²) in [6.45, 7) is 0.688. The molecule has 1 aromatic carbocycles. The largest absolute Gasteiger partial charge is 0.401 e. The fraction of sp³-hybridized carbons (Fsp3) is 0.562. The summed E-state index contributed by atoms with van der Waals surface area (Å²) in [4.78, 5) is 7.40. The van der Waals surface area contributed by atoms with Crippen LogP contribution in [0.25, 0.3) is 0 Å². The molecule has 0 heterocycles. The van der Waals surface area contributed by atoms with Crippen LogP contribution in [0.4, 0.5) is 13.2 Å². The maximum absolute atomic E-state index is 12.2. The van der Waals surface area contributed by atoms with Gasteiger partial charge < -0.3 is 10.2 Å². The maximum Gasteiger partial charge on any atom is 0.401 e. The number of hydrogen-bond acceptors (Lipinski definition) is 2. The molecule has 1 rings (SSSR count). The highest BCUT2D eigenvalue weighted by Gasteiger charge is 2.28. The molecule has 0 atom stereocenters. The second-order valence-corrected chi connectivity index (χ2v) is 6.10. The Morgan fingerprint density at radius 2 is 1.80 bits per heavy atom. The minimum absolute atomic E-state index is 0. The molecule has 9 heteroatoms. The summed E-state index contributed by atoms with van der Waals surface area (Å²) in [6.07, 6.45) is -3.56. The first-order chi connectivity index (χ1) is 11.2. The number of alkyl halides is 3. The van der Waals surface area contributed by atoms with Crippen LogP contribution < -0.4 is 5.32 Å². The van der Waals surface area contributed by atoms with Gasteiger partial charge >= 0.3 is 6.18 Å². The predicted molar refractivity (Wildman–Crippen MR) is 108 cm³/mol. The van der Waals surface area contributed by atoms with Crippen molar-refractivity contribution in [3.05, 3.63) is 34.9 Å². The van der Waals surface area contributed by atoms with Gasteiger partial charge in [-0.25, -0.2) is 0 Å². The lowest BCUT2D eigenvalue weighted by Gasteiger charge is -2.23. The number of halogens is 5. The molecule has 0 aliphatic heterocycles. The van der Waals surface area contributed by atoms with Crippen molar-refractivity contribution in [1.29, 1.82) is 0 Å². The van der Waals surface area contributed by atoms with Gasteiger partial charge in [0.25, 0.3) is 0 Å². The van der Waals surface area contributed by atoms with Gasteiger partial charge in [0.05, 0.1) is 6.54 Å². The Balaban J connectivity index is 0.00000576. The molecule has 0 amide bonds. The molecule has 0 aliphatic rings. The summed E-state index contributed by atoms with van der Waals surface area (Å²) in [6, 6.07) is 7.55. The topological polar surface area (TPSA) is 30.9 Å². The lowest BCUT2D eigenvalue weighted by atomic mass is 10.2. The zero-order valence-electron chi connectivity index (χ0n) is 14.6. The fourth-order valence-corrected chi connectivity index (χ4v) is 2.38. The van der Waals surface area contributed by atoms with Gasteiger partial charge in [-0.1, -0.05) is 23.7 Å². The quantitative estimate of drug-likeness (QED) is 0.272. The SMILES string of the molecule is CN=C(NCCCN(C)CC(F)(F)F)N(C)Cc1ccc(Cl)cc1.I. The third-order valence-electron chi connectivity index (χ3n) is 3.36. The van der Waals surface area contributed by atoms with Crippen LogP contribution in [0.1, 0.15) is 12.0 Å². The second-order valence-electron chi connectivity index (χ2n) is 5.66. The predicted octanol–water partition coefficient (Wildman–Crippen LogP) is 3.85. The van der Waals surface area contributed by atoms with Crippen molar-refractivity contribution < 1.29 is 13.2 Å². The van der Waals surface area contributed by atoms with Gasteiger partial charge in [-0.15, -0.1) is 24.0 Å². The van der Waals surface area contributed by atoms with Crippen molar-refractivity contribution in [2.75, 3.05) is 40.8 Å². The van der Waals surface area contributed by atoms with E-state index in [1.165, 1.54) is 11.9 Å². The lowest BCUT2D eigenvalue weighted by Crippen LogP contribution is -2.40. The van der Waals surface area contributed by atoms with Crippen LogP contribution in [0, 0.1) is 0 Å². The molecule has 4 nitrogen and oxygen atoms in total. The van der Waals surface area contributed by atoms with Gasteiger partial charge in [-0.05, 0) is 37.7 Å². The van der Waals surface area contributed by atoms with E-state index in [1.807, 2.05) is 36.2 Å². The molecule has 144 valence electrons. The molecule has 25 heavy (non-hydrogen) atoms. The minimum atomic E-state index is -4.16. The number of rotatable bonds is 7. The van der Waals surface area contributed by atoms with E-state index >= 15 is 0 Å². The zero-order valence-corrected chi connectivity index (χ0v) is 17.7. The molecule has 0 saturated heterocycles. The van der Waals surface area contributed by atoms with Crippen LogP contribution in [-0.4, -0.2) is 62.7 Å². The third kappa shape index (κ3) is 10.8. The van der Waals surface area contributed by atoms with E-state index < -0.39 is 12.7 Å². The van der Waals surface area contributed by atoms with E-state index in [1.54, 1.807) is 7.05 Å². The molecular formula is C16H25ClF3IN4. The first-order valence-electron chi connectivity index (χ1n) is 7.63. The minimum Gasteiger partial charge on any atom is -0.356 e. The van der Waals surface area contributed by atoms with E-state index in [0.717, 1.165) is 5.56 Å². The monoisotopic (exact) mass is 492 g/mol. The molecule has 0 aliphatic carbocycles. The Labute approximate surface area is 169 Å². The van der Waals surface area contributed by atoms with Gasteiger partial charge in [0.1, 0.15) is 0 Å². The highest BCUT2D eigenvalue weighted by atomic mass is 127. The number of aliphatic imine (C=N–C) groups is 1. The van der Waals surface area contributed by atoms with E-state index in [2.05, 4.69) is 10.3 Å². The summed E-state index contributed by atoms with van der Waals surface area (Å²) < 4.78 is 36.7. The van der Waals surface area contributed by atoms with E-state index in [-0.39, 0.29) is 24.0 Å². The summed E-state index contributed by atoms with van der Waals surface area (Å²) in [5.74, 6) is 0.698. The number of nitrogens with one attached hydrogen (secondary N) is 1. The molecule has 0 bridgehead atoms. The van der Waals surface area contributed by atoms with Gasteiger partial charge in [-0.3, -0.25) is 9.89 Å². The van der Waals surface area contributed by atoms with E-state index in [4.69, 9.17) is 11.6 Å². The molecule has 0 spiro atoms.